The maximum Gasteiger partial charge on any atom is 0.268 e. The van der Waals surface area contributed by atoms with Crippen molar-refractivity contribution in [2.75, 3.05) is 21.9 Å². The highest BCUT2D eigenvalue weighted by atomic mass is 32.2. The molecule has 0 unspecified atom stereocenters. The van der Waals surface area contributed by atoms with Crippen molar-refractivity contribution < 1.29 is 13.2 Å². The molecule has 0 saturated heterocycles. The fourth-order valence-corrected chi connectivity index (χ4v) is 4.51. The summed E-state index contributed by atoms with van der Waals surface area (Å²) in [6.45, 7) is 2.45. The minimum absolute atomic E-state index is 0.00179. The summed E-state index contributed by atoms with van der Waals surface area (Å²) in [5.74, 6) is 0.102. The van der Waals surface area contributed by atoms with Gasteiger partial charge in [-0.05, 0) is 48.1 Å². The molecule has 122 valence electrons. The van der Waals surface area contributed by atoms with E-state index in [9.17, 15) is 13.2 Å². The molecule has 7 heteroatoms. The van der Waals surface area contributed by atoms with E-state index in [0.29, 0.717) is 23.5 Å². The Labute approximate surface area is 140 Å². The van der Waals surface area contributed by atoms with Gasteiger partial charge in [0.2, 0.25) is 10.0 Å². The van der Waals surface area contributed by atoms with Gasteiger partial charge in [0.05, 0.1) is 10.6 Å². The van der Waals surface area contributed by atoms with Crippen LogP contribution in [0.3, 0.4) is 0 Å². The summed E-state index contributed by atoms with van der Waals surface area (Å²) in [5, 5.41) is 1.88. The van der Waals surface area contributed by atoms with Crippen molar-refractivity contribution in [2.45, 2.75) is 19.8 Å². The van der Waals surface area contributed by atoms with Crippen molar-refractivity contribution in [2.24, 2.45) is 0 Å². The molecule has 0 aliphatic carbocycles. The van der Waals surface area contributed by atoms with Crippen molar-refractivity contribution in [3.05, 3.63) is 46.2 Å². The maximum absolute atomic E-state index is 12.5. The average Bonchev–Trinajstić information content (AvgIpc) is 3.15. The normalized spacial score (nSPS) is 13.9. The average molecular weight is 350 g/mol. The zero-order valence-electron chi connectivity index (χ0n) is 12.8. The molecule has 0 bridgehead atoms. The Morgan fingerprint density at radius 3 is 2.87 bits per heavy atom. The smallest absolute Gasteiger partial charge is 0.268 e. The summed E-state index contributed by atoms with van der Waals surface area (Å²) < 4.78 is 26.3. The summed E-state index contributed by atoms with van der Waals surface area (Å²) in [7, 11) is -3.30. The third-order valence-electron chi connectivity index (χ3n) is 3.70. The number of carbonyl (C=O) groups excluding carboxylic acids is 1. The number of nitrogens with one attached hydrogen (secondary N) is 1. The lowest BCUT2D eigenvalue weighted by atomic mass is 10.1. The highest BCUT2D eigenvalue weighted by molar-refractivity contribution is 7.92. The number of thiophene rings is 1. The number of benzene rings is 1. The van der Waals surface area contributed by atoms with E-state index in [-0.39, 0.29) is 11.7 Å². The molecule has 0 atom stereocenters. The molecule has 1 N–H and O–H groups in total. The van der Waals surface area contributed by atoms with Gasteiger partial charge in [-0.15, -0.1) is 11.3 Å². The quantitative estimate of drug-likeness (QED) is 0.901. The van der Waals surface area contributed by atoms with E-state index in [1.165, 1.54) is 11.3 Å². The highest BCUT2D eigenvalue weighted by Crippen LogP contribution is 2.32. The van der Waals surface area contributed by atoms with Gasteiger partial charge in [0.25, 0.3) is 5.91 Å². The van der Waals surface area contributed by atoms with E-state index in [1.54, 1.807) is 11.0 Å². The van der Waals surface area contributed by atoms with E-state index in [1.807, 2.05) is 36.6 Å². The highest BCUT2D eigenvalue weighted by Gasteiger charge is 2.26. The number of fused-ring (bicyclic) bond motifs is 1. The van der Waals surface area contributed by atoms with E-state index in [0.717, 1.165) is 17.7 Å². The first-order valence-electron chi connectivity index (χ1n) is 7.49. The van der Waals surface area contributed by atoms with Gasteiger partial charge in [-0.1, -0.05) is 13.0 Å². The molecule has 3 rings (SSSR count). The molecule has 1 aromatic heterocycles. The van der Waals surface area contributed by atoms with Crippen molar-refractivity contribution in [1.29, 1.82) is 0 Å². The number of amides is 1. The molecule has 0 saturated carbocycles. The van der Waals surface area contributed by atoms with Gasteiger partial charge in [0, 0.05) is 17.9 Å². The van der Waals surface area contributed by atoms with Crippen LogP contribution in [-0.2, 0) is 16.4 Å². The van der Waals surface area contributed by atoms with E-state index in [4.69, 9.17) is 0 Å². The van der Waals surface area contributed by atoms with Crippen LogP contribution in [-0.4, -0.2) is 26.6 Å². The Bertz CT molecular complexity index is 814. The van der Waals surface area contributed by atoms with Crippen LogP contribution in [0.1, 0.15) is 28.6 Å². The molecule has 23 heavy (non-hydrogen) atoms. The van der Waals surface area contributed by atoms with Crippen LogP contribution in [0.4, 0.5) is 11.4 Å². The van der Waals surface area contributed by atoms with Crippen LogP contribution in [0, 0.1) is 0 Å². The van der Waals surface area contributed by atoms with Gasteiger partial charge < -0.3 is 4.90 Å². The van der Waals surface area contributed by atoms with E-state index >= 15 is 0 Å². The molecule has 1 aliphatic heterocycles. The topological polar surface area (TPSA) is 66.5 Å². The second-order valence-corrected chi connectivity index (χ2v) is 8.24. The van der Waals surface area contributed by atoms with Gasteiger partial charge in [0.1, 0.15) is 0 Å². The number of nitrogens with zero attached hydrogens (tertiary/aromatic N) is 1. The second-order valence-electron chi connectivity index (χ2n) is 5.45. The number of anilines is 2. The maximum atomic E-state index is 12.5. The van der Waals surface area contributed by atoms with Gasteiger partial charge >= 0.3 is 0 Å². The molecule has 0 spiro atoms. The standard InChI is InChI=1S/C16H18N2O3S2/c1-2-10-23(20,21)17-13-5-6-14-12(11-13)7-8-18(14)16(19)15-4-3-9-22-15/h3-6,9,11,17H,2,7-8,10H2,1H3. The van der Waals surface area contributed by atoms with E-state index < -0.39 is 10.0 Å². The number of carbonyl (C=O) groups is 1. The fraction of sp³-hybridized carbons (Fsp3) is 0.312. The van der Waals surface area contributed by atoms with Crippen LogP contribution < -0.4 is 9.62 Å². The fourth-order valence-electron chi connectivity index (χ4n) is 2.71. The summed E-state index contributed by atoms with van der Waals surface area (Å²) in [6, 6.07) is 9.03. The van der Waals surface area contributed by atoms with Crippen LogP contribution in [0.5, 0.6) is 0 Å². The molecular weight excluding hydrogens is 332 g/mol. The summed E-state index contributed by atoms with van der Waals surface area (Å²) in [4.78, 5) is 15.0. The van der Waals surface area contributed by atoms with Crippen molar-refractivity contribution in [3.8, 4) is 0 Å². The lowest BCUT2D eigenvalue weighted by molar-refractivity contribution is 0.0993. The lowest BCUT2D eigenvalue weighted by Crippen LogP contribution is -2.28. The van der Waals surface area contributed by atoms with Crippen molar-refractivity contribution in [1.82, 2.24) is 0 Å². The third-order valence-corrected chi connectivity index (χ3v) is 6.05. The van der Waals surface area contributed by atoms with Gasteiger partial charge in [-0.3, -0.25) is 9.52 Å². The number of rotatable bonds is 5. The monoisotopic (exact) mass is 350 g/mol. The molecule has 0 fully saturated rings. The molecule has 2 aromatic rings. The Kier molecular flexibility index (Phi) is 4.41. The Morgan fingerprint density at radius 2 is 2.17 bits per heavy atom. The van der Waals surface area contributed by atoms with Gasteiger partial charge in [-0.25, -0.2) is 8.42 Å². The first-order valence-corrected chi connectivity index (χ1v) is 10.0. The van der Waals surface area contributed by atoms with Crippen molar-refractivity contribution >= 4 is 38.6 Å². The van der Waals surface area contributed by atoms with Crippen LogP contribution in [0.25, 0.3) is 0 Å². The molecule has 0 radical (unpaired) electrons. The first-order chi connectivity index (χ1) is 11.0. The Balaban J connectivity index is 1.82. The summed E-state index contributed by atoms with van der Waals surface area (Å²) in [5.41, 5.74) is 2.41. The second kappa shape index (κ2) is 6.33. The van der Waals surface area contributed by atoms with Gasteiger partial charge in [0.15, 0.2) is 0 Å². The van der Waals surface area contributed by atoms with Crippen LogP contribution >= 0.6 is 11.3 Å². The third kappa shape index (κ3) is 3.40. The number of hydrogen-bond acceptors (Lipinski definition) is 4. The summed E-state index contributed by atoms with van der Waals surface area (Å²) >= 11 is 1.43. The molecular formula is C16H18N2O3S2. The van der Waals surface area contributed by atoms with Crippen LogP contribution in [0.2, 0.25) is 0 Å². The largest absolute Gasteiger partial charge is 0.307 e. The number of hydrogen-bond donors (Lipinski definition) is 1. The molecule has 5 nitrogen and oxygen atoms in total. The molecule has 1 amide bonds. The summed E-state index contributed by atoms with van der Waals surface area (Å²) in [6.07, 6.45) is 1.30. The minimum atomic E-state index is -3.30. The van der Waals surface area contributed by atoms with Crippen molar-refractivity contribution in [3.63, 3.8) is 0 Å². The zero-order valence-corrected chi connectivity index (χ0v) is 14.4. The minimum Gasteiger partial charge on any atom is -0.307 e. The lowest BCUT2D eigenvalue weighted by Gasteiger charge is -2.17. The first kappa shape index (κ1) is 16.0. The molecule has 2 heterocycles. The Morgan fingerprint density at radius 1 is 1.35 bits per heavy atom. The predicted molar refractivity (Wildman–Crippen MR) is 93.8 cm³/mol. The SMILES string of the molecule is CCCS(=O)(=O)Nc1ccc2c(c1)CCN2C(=O)c1cccs1. The number of sulfonamides is 1. The predicted octanol–water partition coefficient (Wildman–Crippen LogP) is 3.10. The van der Waals surface area contributed by atoms with Crippen LogP contribution in [0.15, 0.2) is 35.7 Å². The molecule has 1 aliphatic rings. The van der Waals surface area contributed by atoms with E-state index in [2.05, 4.69) is 4.72 Å². The Hall–Kier alpha value is -1.86. The van der Waals surface area contributed by atoms with Gasteiger partial charge in [-0.2, -0.15) is 0 Å². The zero-order chi connectivity index (χ0) is 16.4. The molecule has 1 aromatic carbocycles.